The van der Waals surface area contributed by atoms with Crippen LogP contribution in [0.25, 0.3) is 0 Å². The number of carbonyl (C=O) groups excluding carboxylic acids is 1. The van der Waals surface area contributed by atoms with E-state index in [0.717, 1.165) is 24.8 Å². The molecule has 0 radical (unpaired) electrons. The van der Waals surface area contributed by atoms with Crippen molar-refractivity contribution in [3.8, 4) is 0 Å². The van der Waals surface area contributed by atoms with E-state index in [4.69, 9.17) is 4.74 Å². The van der Waals surface area contributed by atoms with Crippen LogP contribution in [0.15, 0.2) is 48.8 Å². The van der Waals surface area contributed by atoms with Crippen LogP contribution in [0.5, 0.6) is 0 Å². The summed E-state index contributed by atoms with van der Waals surface area (Å²) in [4.78, 5) is 15.7. The lowest BCUT2D eigenvalue weighted by Crippen LogP contribution is -2.04. The largest absolute Gasteiger partial charge is 0.461 e. The Morgan fingerprint density at radius 2 is 1.55 bits per heavy atom. The molecule has 162 valence electrons. The van der Waals surface area contributed by atoms with E-state index in [1.54, 1.807) is 12.4 Å². The summed E-state index contributed by atoms with van der Waals surface area (Å²) in [6.45, 7) is 2.55. The van der Waals surface area contributed by atoms with Gasteiger partial charge in [-0.1, -0.05) is 88.7 Å². The lowest BCUT2D eigenvalue weighted by molar-refractivity contribution is -0.145. The van der Waals surface area contributed by atoms with Gasteiger partial charge in [-0.2, -0.15) is 0 Å². The first-order valence-corrected chi connectivity index (χ1v) is 11.7. The van der Waals surface area contributed by atoms with Gasteiger partial charge < -0.3 is 4.74 Å². The molecule has 0 aliphatic heterocycles. The number of rotatable bonds is 18. The number of pyridine rings is 1. The van der Waals surface area contributed by atoms with E-state index in [1.165, 1.54) is 64.2 Å². The standard InChI is InChI=1S/C26H41NO2/c1-2-3-4-5-6-7-8-9-10-11-12-13-14-15-16-17-18-21-26(28)29-24-25-20-19-22-27-23-25/h4-5,7-8,19-20,22-23H,2-3,6,9-18,21,24H2,1H3/b5-4-,8-7-. The van der Waals surface area contributed by atoms with Crippen molar-refractivity contribution < 1.29 is 9.53 Å². The first-order valence-electron chi connectivity index (χ1n) is 11.7. The van der Waals surface area contributed by atoms with E-state index >= 15 is 0 Å². The molecule has 1 aromatic rings. The summed E-state index contributed by atoms with van der Waals surface area (Å²) in [6.07, 6.45) is 29.2. The number of allylic oxidation sites excluding steroid dienone is 4. The van der Waals surface area contributed by atoms with Crippen LogP contribution < -0.4 is 0 Å². The highest BCUT2D eigenvalue weighted by molar-refractivity contribution is 5.69. The highest BCUT2D eigenvalue weighted by atomic mass is 16.5. The van der Waals surface area contributed by atoms with Crippen molar-refractivity contribution in [3.63, 3.8) is 0 Å². The van der Waals surface area contributed by atoms with E-state index < -0.39 is 0 Å². The highest BCUT2D eigenvalue weighted by Gasteiger charge is 2.03. The molecule has 0 unspecified atom stereocenters. The van der Waals surface area contributed by atoms with Crippen LogP contribution in [0.4, 0.5) is 0 Å². The second-order valence-corrected chi connectivity index (χ2v) is 7.71. The summed E-state index contributed by atoms with van der Waals surface area (Å²) in [6, 6.07) is 3.78. The quantitative estimate of drug-likeness (QED) is 0.144. The van der Waals surface area contributed by atoms with Crippen molar-refractivity contribution in [2.45, 2.75) is 103 Å². The number of aromatic nitrogens is 1. The third-order valence-corrected chi connectivity index (χ3v) is 4.94. The number of carbonyl (C=O) groups is 1. The average Bonchev–Trinajstić information content (AvgIpc) is 2.75. The number of hydrogen-bond donors (Lipinski definition) is 0. The van der Waals surface area contributed by atoms with Crippen molar-refractivity contribution >= 4 is 5.97 Å². The SMILES string of the molecule is CCC/C=C\C/C=C\CCCCCCCCCCCC(=O)OCc1cccnc1. The van der Waals surface area contributed by atoms with Crippen LogP contribution in [0.2, 0.25) is 0 Å². The average molecular weight is 400 g/mol. The lowest BCUT2D eigenvalue weighted by Gasteiger charge is -2.05. The maximum absolute atomic E-state index is 11.7. The molecule has 0 bridgehead atoms. The summed E-state index contributed by atoms with van der Waals surface area (Å²) in [5.74, 6) is -0.0973. The molecule has 3 nitrogen and oxygen atoms in total. The van der Waals surface area contributed by atoms with Gasteiger partial charge in [-0.25, -0.2) is 0 Å². The highest BCUT2D eigenvalue weighted by Crippen LogP contribution is 2.12. The zero-order valence-electron chi connectivity index (χ0n) is 18.5. The van der Waals surface area contributed by atoms with Gasteiger partial charge in [0.1, 0.15) is 6.61 Å². The maximum Gasteiger partial charge on any atom is 0.306 e. The van der Waals surface area contributed by atoms with Crippen LogP contribution in [0.1, 0.15) is 102 Å². The van der Waals surface area contributed by atoms with Crippen LogP contribution >= 0.6 is 0 Å². The van der Waals surface area contributed by atoms with E-state index in [1.807, 2.05) is 12.1 Å². The first kappa shape index (κ1) is 25.1. The van der Waals surface area contributed by atoms with Gasteiger partial charge in [0.05, 0.1) is 0 Å². The normalized spacial score (nSPS) is 11.5. The summed E-state index contributed by atoms with van der Waals surface area (Å²) in [5.41, 5.74) is 0.941. The summed E-state index contributed by atoms with van der Waals surface area (Å²) in [7, 11) is 0. The zero-order chi connectivity index (χ0) is 20.8. The van der Waals surface area contributed by atoms with Crippen LogP contribution in [-0.2, 0) is 16.1 Å². The molecular formula is C26H41NO2. The Balaban J connectivity index is 1.79. The molecule has 1 rings (SSSR count). The van der Waals surface area contributed by atoms with Gasteiger partial charge in [-0.3, -0.25) is 9.78 Å². The molecule has 0 aromatic carbocycles. The van der Waals surface area contributed by atoms with Gasteiger partial charge in [0.2, 0.25) is 0 Å². The van der Waals surface area contributed by atoms with Crippen LogP contribution in [0.3, 0.4) is 0 Å². The van der Waals surface area contributed by atoms with Gasteiger partial charge in [0, 0.05) is 24.4 Å². The van der Waals surface area contributed by atoms with E-state index in [-0.39, 0.29) is 5.97 Å². The molecule has 0 aliphatic rings. The second kappa shape index (κ2) is 19.4. The Bertz CT molecular complexity index is 551. The molecule has 0 aliphatic carbocycles. The van der Waals surface area contributed by atoms with E-state index in [0.29, 0.717) is 13.0 Å². The molecule has 0 fully saturated rings. The van der Waals surface area contributed by atoms with Gasteiger partial charge in [-0.15, -0.1) is 0 Å². The summed E-state index contributed by atoms with van der Waals surface area (Å²) < 4.78 is 5.27. The zero-order valence-corrected chi connectivity index (χ0v) is 18.5. The van der Waals surface area contributed by atoms with Crippen LogP contribution in [0, 0.1) is 0 Å². The molecule has 29 heavy (non-hydrogen) atoms. The molecule has 0 atom stereocenters. The van der Waals surface area contributed by atoms with Crippen molar-refractivity contribution in [1.82, 2.24) is 4.98 Å². The third kappa shape index (κ3) is 16.7. The molecule has 0 saturated carbocycles. The summed E-state index contributed by atoms with van der Waals surface area (Å²) in [5, 5.41) is 0. The van der Waals surface area contributed by atoms with Gasteiger partial charge in [0.25, 0.3) is 0 Å². The molecular weight excluding hydrogens is 358 g/mol. The summed E-state index contributed by atoms with van der Waals surface area (Å²) >= 11 is 0. The molecule has 0 amide bonds. The number of nitrogens with zero attached hydrogens (tertiary/aromatic N) is 1. The van der Waals surface area contributed by atoms with Gasteiger partial charge >= 0.3 is 5.97 Å². The molecule has 3 heteroatoms. The van der Waals surface area contributed by atoms with Crippen molar-refractivity contribution in [3.05, 3.63) is 54.4 Å². The minimum absolute atomic E-state index is 0.0973. The van der Waals surface area contributed by atoms with Gasteiger partial charge in [0.15, 0.2) is 0 Å². The second-order valence-electron chi connectivity index (χ2n) is 7.71. The van der Waals surface area contributed by atoms with E-state index in [2.05, 4.69) is 36.2 Å². The van der Waals surface area contributed by atoms with Crippen LogP contribution in [-0.4, -0.2) is 11.0 Å². The fourth-order valence-corrected chi connectivity index (χ4v) is 3.16. The third-order valence-electron chi connectivity index (χ3n) is 4.94. The Morgan fingerprint density at radius 1 is 0.897 bits per heavy atom. The Morgan fingerprint density at radius 3 is 2.21 bits per heavy atom. The Kier molecular flexibility index (Phi) is 16.8. The number of ether oxygens (including phenoxy) is 1. The molecule has 1 aromatic heterocycles. The topological polar surface area (TPSA) is 39.2 Å². The molecule has 1 heterocycles. The maximum atomic E-state index is 11.7. The van der Waals surface area contributed by atoms with Crippen molar-refractivity contribution in [1.29, 1.82) is 0 Å². The Hall–Kier alpha value is -1.90. The minimum atomic E-state index is -0.0973. The Labute approximate surface area is 178 Å². The number of esters is 1. The molecule has 0 N–H and O–H groups in total. The lowest BCUT2D eigenvalue weighted by atomic mass is 10.1. The minimum Gasteiger partial charge on any atom is -0.461 e. The molecule has 0 spiro atoms. The number of unbranched alkanes of at least 4 members (excludes halogenated alkanes) is 10. The predicted molar refractivity (Wildman–Crippen MR) is 123 cm³/mol. The van der Waals surface area contributed by atoms with Gasteiger partial charge in [-0.05, 0) is 38.2 Å². The fraction of sp³-hybridized carbons (Fsp3) is 0.615. The first-order chi connectivity index (χ1) is 14.3. The molecule has 0 saturated heterocycles. The monoisotopic (exact) mass is 399 g/mol. The fourth-order valence-electron chi connectivity index (χ4n) is 3.16. The van der Waals surface area contributed by atoms with Crippen molar-refractivity contribution in [2.24, 2.45) is 0 Å². The van der Waals surface area contributed by atoms with Crippen molar-refractivity contribution in [2.75, 3.05) is 0 Å². The van der Waals surface area contributed by atoms with E-state index in [9.17, 15) is 4.79 Å². The predicted octanol–water partition coefficient (Wildman–Crippen LogP) is 7.72. The smallest absolute Gasteiger partial charge is 0.306 e. The number of hydrogen-bond acceptors (Lipinski definition) is 3.